The Kier molecular flexibility index (Phi) is 11.3. The van der Waals surface area contributed by atoms with Gasteiger partial charge in [0.2, 0.25) is 0 Å². The van der Waals surface area contributed by atoms with Crippen LogP contribution in [-0.4, -0.2) is 19.6 Å². The highest BCUT2D eigenvalue weighted by Gasteiger charge is 2.24. The summed E-state index contributed by atoms with van der Waals surface area (Å²) in [5.74, 6) is 7.21. The molecule has 3 aliphatic rings. The lowest BCUT2D eigenvalue weighted by Crippen LogP contribution is -2.19. The van der Waals surface area contributed by atoms with Gasteiger partial charge >= 0.3 is 0 Å². The van der Waals surface area contributed by atoms with Crippen LogP contribution in [0.3, 0.4) is 0 Å². The molecule has 0 bridgehead atoms. The van der Waals surface area contributed by atoms with Gasteiger partial charge in [0.1, 0.15) is 17.5 Å². The Balaban J connectivity index is 0.000000145. The van der Waals surface area contributed by atoms with Crippen molar-refractivity contribution in [2.24, 2.45) is 0 Å². The average Bonchev–Trinajstić information content (AvgIpc) is 3.71. The van der Waals surface area contributed by atoms with Gasteiger partial charge in [-0.15, -0.1) is 19.3 Å². The van der Waals surface area contributed by atoms with Gasteiger partial charge in [0.05, 0.1) is 19.6 Å². The zero-order valence-electron chi connectivity index (χ0n) is 23.7. The maximum Gasteiger partial charge on any atom is 0.126 e. The maximum atomic E-state index is 13.3. The number of nitrogens with one attached hydrogen (secondary N) is 3. The molecular formula is C36H36F3N3. The van der Waals surface area contributed by atoms with Crippen molar-refractivity contribution in [3.05, 3.63) is 105 Å². The summed E-state index contributed by atoms with van der Waals surface area (Å²) in [6, 6.07) is 16.0. The number of halogens is 3. The van der Waals surface area contributed by atoms with Crippen molar-refractivity contribution in [3.8, 4) is 37.0 Å². The Morgan fingerprint density at radius 3 is 1.81 bits per heavy atom. The lowest BCUT2D eigenvalue weighted by atomic mass is 10.1. The van der Waals surface area contributed by atoms with E-state index in [1.807, 2.05) is 18.2 Å². The number of aryl methyl sites for hydroxylation is 2. The number of fused-ring (bicyclic) bond motifs is 3. The molecule has 42 heavy (non-hydrogen) atoms. The lowest BCUT2D eigenvalue weighted by molar-refractivity contribution is 0.562. The fourth-order valence-electron chi connectivity index (χ4n) is 5.95. The molecule has 0 spiro atoms. The Bertz CT molecular complexity index is 1480. The first-order valence-corrected chi connectivity index (χ1v) is 14.3. The van der Waals surface area contributed by atoms with Crippen LogP contribution in [0.1, 0.15) is 70.8 Å². The Morgan fingerprint density at radius 1 is 0.595 bits per heavy atom. The van der Waals surface area contributed by atoms with Crippen LogP contribution in [0, 0.1) is 54.5 Å². The van der Waals surface area contributed by atoms with Crippen molar-refractivity contribution in [2.75, 3.05) is 19.6 Å². The van der Waals surface area contributed by atoms with Gasteiger partial charge in [0.15, 0.2) is 0 Å². The van der Waals surface area contributed by atoms with Gasteiger partial charge < -0.3 is 0 Å². The summed E-state index contributed by atoms with van der Waals surface area (Å²) >= 11 is 0. The van der Waals surface area contributed by atoms with E-state index in [0.717, 1.165) is 60.8 Å². The summed E-state index contributed by atoms with van der Waals surface area (Å²) in [5.41, 5.74) is 6.53. The van der Waals surface area contributed by atoms with Crippen LogP contribution in [0.4, 0.5) is 13.2 Å². The minimum Gasteiger partial charge on any atom is -0.299 e. The lowest BCUT2D eigenvalue weighted by Gasteiger charge is -2.11. The molecule has 0 fully saturated rings. The second-order valence-corrected chi connectivity index (χ2v) is 10.5. The molecule has 3 aromatic carbocycles. The molecule has 3 aromatic rings. The van der Waals surface area contributed by atoms with E-state index in [-0.39, 0.29) is 29.5 Å². The van der Waals surface area contributed by atoms with Crippen molar-refractivity contribution in [1.29, 1.82) is 0 Å². The van der Waals surface area contributed by atoms with E-state index in [1.54, 1.807) is 18.2 Å². The van der Waals surface area contributed by atoms with Crippen LogP contribution < -0.4 is 16.0 Å². The van der Waals surface area contributed by atoms with Crippen LogP contribution in [-0.2, 0) is 19.3 Å². The van der Waals surface area contributed by atoms with Crippen molar-refractivity contribution in [2.45, 2.75) is 56.7 Å². The SMILES string of the molecule is C#CCNC1CCc2c(F)cccc21.C#CCNC1CCc2cc(F)ccc21.C#CCNC1CCc2ccc(F)cc21. The van der Waals surface area contributed by atoms with E-state index in [1.165, 1.54) is 29.3 Å². The van der Waals surface area contributed by atoms with Crippen molar-refractivity contribution >= 4 is 0 Å². The summed E-state index contributed by atoms with van der Waals surface area (Å²) in [6.07, 6.45) is 21.3. The van der Waals surface area contributed by atoms with Crippen molar-refractivity contribution < 1.29 is 13.2 Å². The quantitative estimate of drug-likeness (QED) is 0.315. The first kappa shape index (κ1) is 31.0. The molecule has 216 valence electrons. The minimum atomic E-state index is -0.168. The van der Waals surface area contributed by atoms with Crippen LogP contribution in [0.5, 0.6) is 0 Å². The summed E-state index contributed by atoms with van der Waals surface area (Å²) in [6.45, 7) is 1.66. The highest BCUT2D eigenvalue weighted by molar-refractivity contribution is 5.37. The monoisotopic (exact) mass is 567 g/mol. The van der Waals surface area contributed by atoms with Gasteiger partial charge in [0, 0.05) is 18.1 Å². The van der Waals surface area contributed by atoms with Gasteiger partial charge in [-0.25, -0.2) is 13.2 Å². The third-order valence-corrected chi connectivity index (χ3v) is 7.93. The maximum absolute atomic E-state index is 13.3. The second-order valence-electron chi connectivity index (χ2n) is 10.5. The van der Waals surface area contributed by atoms with E-state index in [2.05, 4.69) is 33.7 Å². The molecule has 0 radical (unpaired) electrons. The Morgan fingerprint density at radius 2 is 1.14 bits per heavy atom. The minimum absolute atomic E-state index is 0.0903. The smallest absolute Gasteiger partial charge is 0.126 e. The molecular weight excluding hydrogens is 531 g/mol. The molecule has 3 unspecified atom stereocenters. The molecule has 0 aliphatic heterocycles. The van der Waals surface area contributed by atoms with Gasteiger partial charge in [0.25, 0.3) is 0 Å². The highest BCUT2D eigenvalue weighted by atomic mass is 19.1. The van der Waals surface area contributed by atoms with Gasteiger partial charge in [-0.2, -0.15) is 0 Å². The van der Waals surface area contributed by atoms with Crippen LogP contribution in [0.2, 0.25) is 0 Å². The van der Waals surface area contributed by atoms with E-state index in [9.17, 15) is 13.2 Å². The standard InChI is InChI=1S/3C12H12FN/c1-2-7-14-12-6-3-9-8-10(13)4-5-11(9)12;1-2-7-14-12-6-4-9-3-5-10(13)8-11(9)12;1-2-8-14-12-7-6-9-10(12)4-3-5-11(9)13/h1,4-5,8,12,14H,3,6-7H2;1,3,5,8,12,14H,4,6-7H2;1,3-5,12,14H,6-8H2. The molecule has 3 N–H and O–H groups in total. The van der Waals surface area contributed by atoms with E-state index in [0.29, 0.717) is 25.7 Å². The van der Waals surface area contributed by atoms with Crippen LogP contribution in [0.25, 0.3) is 0 Å². The van der Waals surface area contributed by atoms with Gasteiger partial charge in [-0.3, -0.25) is 16.0 Å². The van der Waals surface area contributed by atoms with Gasteiger partial charge in [-0.05, 0) is 102 Å². The summed E-state index contributed by atoms with van der Waals surface area (Å²) < 4.78 is 39.2. The summed E-state index contributed by atoms with van der Waals surface area (Å²) in [5, 5.41) is 9.67. The topological polar surface area (TPSA) is 36.1 Å². The molecule has 0 heterocycles. The predicted molar refractivity (Wildman–Crippen MR) is 163 cm³/mol. The van der Waals surface area contributed by atoms with E-state index in [4.69, 9.17) is 19.3 Å². The zero-order chi connectivity index (χ0) is 29.9. The Hall–Kier alpha value is -3.99. The number of benzene rings is 3. The largest absolute Gasteiger partial charge is 0.299 e. The first-order chi connectivity index (χ1) is 20.4. The second kappa shape index (κ2) is 15.3. The number of hydrogen-bond donors (Lipinski definition) is 3. The molecule has 6 heteroatoms. The number of terminal acetylenes is 3. The molecule has 0 amide bonds. The van der Waals surface area contributed by atoms with E-state index >= 15 is 0 Å². The predicted octanol–water partition coefficient (Wildman–Crippen LogP) is 6.11. The van der Waals surface area contributed by atoms with Crippen molar-refractivity contribution in [1.82, 2.24) is 16.0 Å². The molecule has 3 nitrogen and oxygen atoms in total. The third kappa shape index (κ3) is 7.84. The van der Waals surface area contributed by atoms with Gasteiger partial charge in [-0.1, -0.05) is 42.0 Å². The van der Waals surface area contributed by atoms with E-state index < -0.39 is 0 Å². The summed E-state index contributed by atoms with van der Waals surface area (Å²) in [7, 11) is 0. The van der Waals surface area contributed by atoms with Crippen molar-refractivity contribution in [3.63, 3.8) is 0 Å². The molecule has 0 aromatic heterocycles. The molecule has 6 rings (SSSR count). The fraction of sp³-hybridized carbons (Fsp3) is 0.333. The number of rotatable bonds is 6. The fourth-order valence-corrected chi connectivity index (χ4v) is 5.95. The normalized spacial score (nSPS) is 19.0. The molecule has 3 aliphatic carbocycles. The third-order valence-electron chi connectivity index (χ3n) is 7.93. The molecule has 3 atom stereocenters. The number of hydrogen-bond acceptors (Lipinski definition) is 3. The highest BCUT2D eigenvalue weighted by Crippen LogP contribution is 2.33. The molecule has 0 saturated heterocycles. The molecule has 0 saturated carbocycles. The summed E-state index contributed by atoms with van der Waals surface area (Å²) in [4.78, 5) is 0. The first-order valence-electron chi connectivity index (χ1n) is 14.3. The average molecular weight is 568 g/mol. The van der Waals surface area contributed by atoms with Crippen LogP contribution >= 0.6 is 0 Å². The van der Waals surface area contributed by atoms with Crippen LogP contribution in [0.15, 0.2) is 54.6 Å². The Labute approximate surface area is 247 Å². The zero-order valence-corrected chi connectivity index (χ0v) is 23.7.